The van der Waals surface area contributed by atoms with Crippen LogP contribution in [0.15, 0.2) is 11.6 Å². The summed E-state index contributed by atoms with van der Waals surface area (Å²) in [5.41, 5.74) is 0.602. The summed E-state index contributed by atoms with van der Waals surface area (Å²) in [6.07, 6.45) is 2.06. The lowest BCUT2D eigenvalue weighted by Crippen LogP contribution is -2.22. The summed E-state index contributed by atoms with van der Waals surface area (Å²) in [6.45, 7) is 4.02. The van der Waals surface area contributed by atoms with Crippen LogP contribution in [-0.2, 0) is 9.59 Å². The van der Waals surface area contributed by atoms with Crippen LogP contribution in [0.5, 0.6) is 0 Å². The highest BCUT2D eigenvalue weighted by atomic mass is 16.2. The third kappa shape index (κ3) is 1.90. The molecule has 0 bridgehead atoms. The van der Waals surface area contributed by atoms with Crippen molar-refractivity contribution < 1.29 is 9.59 Å². The number of nitrogens with one attached hydrogen (secondary N) is 1. The van der Waals surface area contributed by atoms with E-state index in [-0.39, 0.29) is 11.8 Å². The van der Waals surface area contributed by atoms with Crippen molar-refractivity contribution in [3.63, 3.8) is 0 Å². The standard InChI is InChI=1S/C8H11NO2/c1-5(2)3-6-4-7(10)9-8(6)11/h4-5H,3H2,1-2H3,(H,9,10,11). The topological polar surface area (TPSA) is 46.2 Å². The normalized spacial score (nSPS) is 17.2. The van der Waals surface area contributed by atoms with E-state index in [1.807, 2.05) is 13.8 Å². The van der Waals surface area contributed by atoms with Gasteiger partial charge in [-0.3, -0.25) is 14.9 Å². The van der Waals surface area contributed by atoms with Crippen LogP contribution in [0.1, 0.15) is 20.3 Å². The number of carbonyl (C=O) groups excluding carboxylic acids is 2. The average molecular weight is 153 g/mol. The highest BCUT2D eigenvalue weighted by molar-refractivity contribution is 6.16. The van der Waals surface area contributed by atoms with E-state index in [0.717, 1.165) is 0 Å². The smallest absolute Gasteiger partial charge is 0.254 e. The van der Waals surface area contributed by atoms with Gasteiger partial charge in [0.1, 0.15) is 0 Å². The van der Waals surface area contributed by atoms with Crippen LogP contribution in [-0.4, -0.2) is 11.8 Å². The number of amides is 2. The molecule has 0 aromatic carbocycles. The van der Waals surface area contributed by atoms with Gasteiger partial charge in [0.05, 0.1) is 0 Å². The molecule has 3 heteroatoms. The highest BCUT2D eigenvalue weighted by Gasteiger charge is 2.20. The monoisotopic (exact) mass is 153 g/mol. The fourth-order valence-electron chi connectivity index (χ4n) is 1.04. The average Bonchev–Trinajstić information content (AvgIpc) is 2.09. The second-order valence-corrected chi connectivity index (χ2v) is 3.09. The van der Waals surface area contributed by atoms with Crippen LogP contribution in [0.25, 0.3) is 0 Å². The highest BCUT2D eigenvalue weighted by Crippen LogP contribution is 2.13. The predicted octanol–water partition coefficient (Wildman–Crippen LogP) is 0.615. The Morgan fingerprint density at radius 3 is 2.45 bits per heavy atom. The first-order valence-electron chi connectivity index (χ1n) is 3.65. The minimum Gasteiger partial charge on any atom is -0.289 e. The molecule has 1 aliphatic rings. The maximum Gasteiger partial charge on any atom is 0.254 e. The summed E-state index contributed by atoms with van der Waals surface area (Å²) in [4.78, 5) is 21.6. The summed E-state index contributed by atoms with van der Waals surface area (Å²) < 4.78 is 0. The molecule has 2 amide bonds. The van der Waals surface area contributed by atoms with E-state index < -0.39 is 0 Å². The first-order chi connectivity index (χ1) is 5.09. The molecule has 11 heavy (non-hydrogen) atoms. The summed E-state index contributed by atoms with van der Waals surface area (Å²) in [6, 6.07) is 0. The van der Waals surface area contributed by atoms with Crippen LogP contribution in [0, 0.1) is 5.92 Å². The fourth-order valence-corrected chi connectivity index (χ4v) is 1.04. The molecule has 1 rings (SSSR count). The molecule has 0 spiro atoms. The van der Waals surface area contributed by atoms with Gasteiger partial charge in [-0.05, 0) is 12.3 Å². The van der Waals surface area contributed by atoms with Crippen molar-refractivity contribution in [3.05, 3.63) is 11.6 Å². The summed E-state index contributed by atoms with van der Waals surface area (Å²) >= 11 is 0. The van der Waals surface area contributed by atoms with Gasteiger partial charge >= 0.3 is 0 Å². The number of rotatable bonds is 2. The Bertz CT molecular complexity index is 228. The van der Waals surface area contributed by atoms with Crippen molar-refractivity contribution in [2.24, 2.45) is 5.92 Å². The van der Waals surface area contributed by atoms with Crippen molar-refractivity contribution in [1.82, 2.24) is 5.32 Å². The first kappa shape index (κ1) is 7.98. The molecule has 0 saturated heterocycles. The predicted molar refractivity (Wildman–Crippen MR) is 40.7 cm³/mol. The number of hydrogen-bond acceptors (Lipinski definition) is 2. The van der Waals surface area contributed by atoms with Gasteiger partial charge < -0.3 is 0 Å². The zero-order chi connectivity index (χ0) is 8.43. The van der Waals surface area contributed by atoms with Gasteiger partial charge in [-0.15, -0.1) is 0 Å². The van der Waals surface area contributed by atoms with Gasteiger partial charge in [-0.1, -0.05) is 13.8 Å². The zero-order valence-corrected chi connectivity index (χ0v) is 6.68. The minimum absolute atomic E-state index is 0.233. The summed E-state index contributed by atoms with van der Waals surface area (Å²) in [5, 5.41) is 2.20. The van der Waals surface area contributed by atoms with E-state index >= 15 is 0 Å². The molecule has 3 nitrogen and oxygen atoms in total. The van der Waals surface area contributed by atoms with Crippen molar-refractivity contribution in [2.45, 2.75) is 20.3 Å². The molecule has 0 atom stereocenters. The van der Waals surface area contributed by atoms with Gasteiger partial charge in [0.25, 0.3) is 11.8 Å². The SMILES string of the molecule is CC(C)CC1=CC(=O)NC1=O. The molecule has 1 heterocycles. The summed E-state index contributed by atoms with van der Waals surface area (Å²) in [5.74, 6) is -0.104. The van der Waals surface area contributed by atoms with E-state index in [1.165, 1.54) is 6.08 Å². The fraction of sp³-hybridized carbons (Fsp3) is 0.500. The van der Waals surface area contributed by atoms with Gasteiger partial charge in [-0.25, -0.2) is 0 Å². The van der Waals surface area contributed by atoms with Crippen LogP contribution < -0.4 is 5.32 Å². The Hall–Kier alpha value is -1.12. The Morgan fingerprint density at radius 1 is 1.45 bits per heavy atom. The van der Waals surface area contributed by atoms with Crippen LogP contribution in [0.3, 0.4) is 0 Å². The quantitative estimate of drug-likeness (QED) is 0.591. The molecule has 0 radical (unpaired) electrons. The van der Waals surface area contributed by atoms with Gasteiger partial charge in [-0.2, -0.15) is 0 Å². The van der Waals surface area contributed by atoms with E-state index in [2.05, 4.69) is 5.32 Å². The molecule has 0 unspecified atom stereocenters. The van der Waals surface area contributed by atoms with Crippen molar-refractivity contribution in [3.8, 4) is 0 Å². The lowest BCUT2D eigenvalue weighted by Gasteiger charge is -2.01. The van der Waals surface area contributed by atoms with E-state index in [1.54, 1.807) is 0 Å². The lowest BCUT2D eigenvalue weighted by molar-refractivity contribution is -0.123. The molecular weight excluding hydrogens is 142 g/mol. The second-order valence-electron chi connectivity index (χ2n) is 3.09. The number of carbonyl (C=O) groups is 2. The third-order valence-electron chi connectivity index (χ3n) is 1.46. The maximum atomic E-state index is 10.9. The van der Waals surface area contributed by atoms with Crippen molar-refractivity contribution >= 4 is 11.8 Å². The Balaban J connectivity index is 2.64. The Kier molecular flexibility index (Phi) is 2.08. The van der Waals surface area contributed by atoms with Crippen LogP contribution in [0.2, 0.25) is 0 Å². The Morgan fingerprint density at radius 2 is 2.09 bits per heavy atom. The van der Waals surface area contributed by atoms with Gasteiger partial charge in [0.2, 0.25) is 0 Å². The number of hydrogen-bond donors (Lipinski definition) is 1. The molecule has 0 saturated carbocycles. The second kappa shape index (κ2) is 2.86. The third-order valence-corrected chi connectivity index (χ3v) is 1.46. The van der Waals surface area contributed by atoms with Crippen molar-refractivity contribution in [1.29, 1.82) is 0 Å². The van der Waals surface area contributed by atoms with Gasteiger partial charge in [0.15, 0.2) is 0 Å². The van der Waals surface area contributed by atoms with E-state index in [4.69, 9.17) is 0 Å². The van der Waals surface area contributed by atoms with E-state index in [9.17, 15) is 9.59 Å². The molecular formula is C8H11NO2. The minimum atomic E-state index is -0.286. The van der Waals surface area contributed by atoms with Crippen molar-refractivity contribution in [2.75, 3.05) is 0 Å². The van der Waals surface area contributed by atoms with E-state index in [0.29, 0.717) is 17.9 Å². The molecule has 0 aromatic heterocycles. The molecule has 0 aliphatic carbocycles. The molecule has 1 N–H and O–H groups in total. The van der Waals surface area contributed by atoms with Gasteiger partial charge in [0, 0.05) is 11.6 Å². The molecule has 60 valence electrons. The number of imide groups is 1. The van der Waals surface area contributed by atoms with Crippen LogP contribution >= 0.6 is 0 Å². The largest absolute Gasteiger partial charge is 0.289 e. The maximum absolute atomic E-state index is 10.9. The summed E-state index contributed by atoms with van der Waals surface area (Å²) in [7, 11) is 0. The zero-order valence-electron chi connectivity index (χ0n) is 6.68. The molecule has 1 aliphatic heterocycles. The molecule has 0 aromatic rings. The van der Waals surface area contributed by atoms with Crippen LogP contribution in [0.4, 0.5) is 0 Å². The Labute approximate surface area is 65.5 Å². The molecule has 0 fully saturated rings. The first-order valence-corrected chi connectivity index (χ1v) is 3.65. The lowest BCUT2D eigenvalue weighted by atomic mass is 10.0.